The highest BCUT2D eigenvalue weighted by Gasteiger charge is 2.47. The van der Waals surface area contributed by atoms with Gasteiger partial charge in [-0.15, -0.1) is 0 Å². The van der Waals surface area contributed by atoms with Gasteiger partial charge in [0.05, 0.1) is 13.5 Å². The van der Waals surface area contributed by atoms with Crippen molar-refractivity contribution in [1.29, 1.82) is 0 Å². The summed E-state index contributed by atoms with van der Waals surface area (Å²) in [5.74, 6) is -0.910. The molecule has 0 heterocycles. The van der Waals surface area contributed by atoms with Gasteiger partial charge in [-0.1, -0.05) is 87.7 Å². The van der Waals surface area contributed by atoms with Gasteiger partial charge in [0, 0.05) is 10.4 Å². The van der Waals surface area contributed by atoms with Crippen molar-refractivity contribution in [3.63, 3.8) is 0 Å². The number of methoxy groups -OCH3 is 1. The number of hydrogen-bond acceptors (Lipinski definition) is 4. The van der Waals surface area contributed by atoms with Gasteiger partial charge in [-0.3, -0.25) is 4.79 Å². The largest absolute Gasteiger partial charge is 0.467 e. The number of carbonyl (C=O) groups is 2. The Morgan fingerprint density at radius 3 is 2.32 bits per heavy atom. The zero-order valence-electron chi connectivity index (χ0n) is 18.7. The number of halogens is 1. The Morgan fingerprint density at radius 2 is 1.74 bits per heavy atom. The van der Waals surface area contributed by atoms with Crippen LogP contribution in [-0.4, -0.2) is 30.1 Å². The first kappa shape index (κ1) is 24.9. The average Bonchev–Trinajstić information content (AvgIpc) is 2.76. The molecule has 0 bridgehead atoms. The molecule has 0 fully saturated rings. The number of unbranched alkanes of at least 4 members (excludes halogenated alkanes) is 1. The number of rotatable bonds is 10. The van der Waals surface area contributed by atoms with Crippen LogP contribution in [0.1, 0.15) is 57.6 Å². The second-order valence-corrected chi connectivity index (χ2v) is 8.76. The van der Waals surface area contributed by atoms with Gasteiger partial charge in [0.1, 0.15) is 11.6 Å². The van der Waals surface area contributed by atoms with Crippen molar-refractivity contribution in [2.24, 2.45) is 0 Å². The molecule has 168 valence electrons. The lowest BCUT2D eigenvalue weighted by atomic mass is 9.65. The molecular formula is C25H32ClNO4. The minimum atomic E-state index is -1.55. The third-order valence-corrected chi connectivity index (χ3v) is 6.15. The number of carbonyl (C=O) groups excluding carboxylic acids is 2. The highest BCUT2D eigenvalue weighted by atomic mass is 35.5. The number of esters is 1. The van der Waals surface area contributed by atoms with Crippen LogP contribution in [0.15, 0.2) is 54.6 Å². The maximum Gasteiger partial charge on any atom is 0.328 e. The molecule has 31 heavy (non-hydrogen) atoms. The predicted octanol–water partition coefficient (Wildman–Crippen LogP) is 4.74. The molecule has 0 aliphatic heterocycles. The van der Waals surface area contributed by atoms with Crippen molar-refractivity contribution in [2.45, 2.75) is 63.5 Å². The van der Waals surface area contributed by atoms with Crippen LogP contribution < -0.4 is 5.32 Å². The first-order valence-corrected chi connectivity index (χ1v) is 10.9. The Kier molecular flexibility index (Phi) is 8.66. The molecule has 1 amide bonds. The number of ether oxygens (including phenoxy) is 1. The molecule has 0 aliphatic carbocycles. The maximum absolute atomic E-state index is 13.1. The summed E-state index contributed by atoms with van der Waals surface area (Å²) in [5, 5.41) is 15.3. The molecule has 6 heteroatoms. The van der Waals surface area contributed by atoms with E-state index in [9.17, 15) is 14.7 Å². The molecule has 0 saturated heterocycles. The van der Waals surface area contributed by atoms with E-state index in [0.29, 0.717) is 17.0 Å². The van der Waals surface area contributed by atoms with Crippen LogP contribution in [-0.2, 0) is 25.3 Å². The lowest BCUT2D eigenvalue weighted by molar-refractivity contribution is -0.146. The van der Waals surface area contributed by atoms with E-state index < -0.39 is 28.9 Å². The lowest BCUT2D eigenvalue weighted by Crippen LogP contribution is -2.50. The molecular weight excluding hydrogens is 414 g/mol. The highest BCUT2D eigenvalue weighted by molar-refractivity contribution is 6.30. The molecule has 1 unspecified atom stereocenters. The predicted molar refractivity (Wildman–Crippen MR) is 123 cm³/mol. The molecule has 2 aromatic carbocycles. The van der Waals surface area contributed by atoms with Gasteiger partial charge in [-0.25, -0.2) is 4.79 Å². The first-order valence-electron chi connectivity index (χ1n) is 10.6. The van der Waals surface area contributed by atoms with E-state index in [4.69, 9.17) is 16.3 Å². The van der Waals surface area contributed by atoms with Crippen molar-refractivity contribution in [2.75, 3.05) is 7.11 Å². The molecule has 2 N–H and O–H groups in total. The van der Waals surface area contributed by atoms with Crippen molar-refractivity contribution in [3.8, 4) is 0 Å². The summed E-state index contributed by atoms with van der Waals surface area (Å²) in [4.78, 5) is 25.2. The molecule has 0 aromatic heterocycles. The first-order chi connectivity index (χ1) is 14.7. The van der Waals surface area contributed by atoms with Crippen LogP contribution >= 0.6 is 11.6 Å². The standard InChI is InChI=1S/C25H32ClNO4/c1-5-6-15-21(23(29)31-4)27-22(28)17-25(30,18-11-8-7-9-12-18)24(2,3)19-13-10-14-20(26)16-19/h7-14,16,21,30H,5-6,15,17H2,1-4H3,(H,27,28)/t21-,25?/m0/s1. The third kappa shape index (κ3) is 5.86. The number of hydrogen-bond donors (Lipinski definition) is 2. The zero-order valence-corrected chi connectivity index (χ0v) is 19.4. The molecule has 0 spiro atoms. The average molecular weight is 446 g/mol. The summed E-state index contributed by atoms with van der Waals surface area (Å²) in [6.07, 6.45) is 1.92. The Bertz CT molecular complexity index is 884. The monoisotopic (exact) mass is 445 g/mol. The van der Waals surface area contributed by atoms with Crippen molar-refractivity contribution in [1.82, 2.24) is 5.32 Å². The summed E-state index contributed by atoms with van der Waals surface area (Å²) in [7, 11) is 1.30. The summed E-state index contributed by atoms with van der Waals surface area (Å²) >= 11 is 6.21. The summed E-state index contributed by atoms with van der Waals surface area (Å²) in [6.45, 7) is 5.78. The maximum atomic E-state index is 13.1. The van der Waals surface area contributed by atoms with Gasteiger partial charge < -0.3 is 15.2 Å². The molecule has 2 aromatic rings. The summed E-state index contributed by atoms with van der Waals surface area (Å²) < 4.78 is 4.84. The minimum absolute atomic E-state index is 0.226. The van der Waals surface area contributed by atoms with E-state index in [1.165, 1.54) is 7.11 Å². The molecule has 0 aliphatic rings. The smallest absolute Gasteiger partial charge is 0.328 e. The summed E-state index contributed by atoms with van der Waals surface area (Å²) in [5.41, 5.74) is -0.997. The van der Waals surface area contributed by atoms with E-state index >= 15 is 0 Å². The normalized spacial score (nSPS) is 14.4. The van der Waals surface area contributed by atoms with Crippen LogP contribution in [0.25, 0.3) is 0 Å². The third-order valence-electron chi connectivity index (χ3n) is 5.92. The fourth-order valence-corrected chi connectivity index (χ4v) is 3.98. The van der Waals surface area contributed by atoms with E-state index in [2.05, 4.69) is 5.32 Å². The van der Waals surface area contributed by atoms with Crippen molar-refractivity contribution >= 4 is 23.5 Å². The molecule has 0 saturated carbocycles. The van der Waals surface area contributed by atoms with Crippen LogP contribution in [0.2, 0.25) is 5.02 Å². The lowest BCUT2D eigenvalue weighted by Gasteiger charge is -2.43. The van der Waals surface area contributed by atoms with Crippen LogP contribution in [0, 0.1) is 0 Å². The van der Waals surface area contributed by atoms with Gasteiger partial charge in [0.25, 0.3) is 0 Å². The topological polar surface area (TPSA) is 75.6 Å². The highest BCUT2D eigenvalue weighted by Crippen LogP contribution is 2.45. The van der Waals surface area contributed by atoms with Gasteiger partial charge in [-0.2, -0.15) is 0 Å². The van der Waals surface area contributed by atoms with Crippen molar-refractivity contribution in [3.05, 3.63) is 70.7 Å². The number of aliphatic hydroxyl groups is 1. The second kappa shape index (κ2) is 10.8. The number of benzene rings is 2. The Labute approximate surface area is 189 Å². The van der Waals surface area contributed by atoms with Crippen LogP contribution in [0.4, 0.5) is 0 Å². The molecule has 0 radical (unpaired) electrons. The minimum Gasteiger partial charge on any atom is -0.467 e. The fraction of sp³-hybridized carbons (Fsp3) is 0.440. The van der Waals surface area contributed by atoms with E-state index in [-0.39, 0.29) is 6.42 Å². The Morgan fingerprint density at radius 1 is 1.10 bits per heavy atom. The zero-order chi connectivity index (χ0) is 23.1. The van der Waals surface area contributed by atoms with Crippen LogP contribution in [0.3, 0.4) is 0 Å². The molecule has 2 atom stereocenters. The Hall–Kier alpha value is -2.37. The fourth-order valence-electron chi connectivity index (χ4n) is 3.79. The van der Waals surface area contributed by atoms with E-state index in [1.807, 2.05) is 51.1 Å². The molecule has 5 nitrogen and oxygen atoms in total. The quantitative estimate of drug-likeness (QED) is 0.518. The number of nitrogens with one attached hydrogen (secondary N) is 1. The van der Waals surface area contributed by atoms with Crippen molar-refractivity contribution < 1.29 is 19.4 Å². The van der Waals surface area contributed by atoms with Gasteiger partial charge >= 0.3 is 5.97 Å². The summed E-state index contributed by atoms with van der Waals surface area (Å²) in [6, 6.07) is 15.6. The number of amides is 1. The van der Waals surface area contributed by atoms with E-state index in [0.717, 1.165) is 18.4 Å². The SMILES string of the molecule is CCCC[C@H](NC(=O)CC(O)(c1ccccc1)C(C)(C)c1cccc(Cl)c1)C(=O)OC. The van der Waals surface area contributed by atoms with Gasteiger partial charge in [0.15, 0.2) is 0 Å². The second-order valence-electron chi connectivity index (χ2n) is 8.32. The van der Waals surface area contributed by atoms with E-state index in [1.54, 1.807) is 24.3 Å². The Balaban J connectivity index is 2.40. The molecule has 2 rings (SSSR count). The van der Waals surface area contributed by atoms with Gasteiger partial charge in [0.2, 0.25) is 5.91 Å². The van der Waals surface area contributed by atoms with Crippen LogP contribution in [0.5, 0.6) is 0 Å². The van der Waals surface area contributed by atoms with Gasteiger partial charge in [-0.05, 0) is 29.7 Å².